The molecule has 24 nitrogen and oxygen atoms in total. The standard InChI is InChI=1S/C40H63NO6.C34H59NO6.C25H41NO4.C19H37NO4/c1-9-14-33(32-15-12-11-13-16-32)46-34(42)37(3,4)17-18-39(6,20-19-38(5,10-2)35(43)45-22-21-41(7)8)36(44)47-40-26-29-23-30(27-40)25-31(24-29)28-40;1-11-32(7,28(37)39-17-16-35(9)10)14-15-33(8,13-12-31(5,6)27(36)40-30(2,3)4)29(38)41-34-21-24-18-25(22-34)20-26(19-24)23-34;1-8-13-21(20-14-11-10-12-15-20)30-22(27)24(3,4)16-17-25(5,9-2)23(28)29-19-18-26(6)7;1-10-19(7,16(22)23-14-13-20(8)9)12-11-18(5,6)15(21)24-17(2,3)4/h11-13,15-16,29-31,33H,9-10,14,17-28H2,1-8H3;24-26H,11-23H2,1-10H3;10-12,14-15,21H,8-9,13,16-19H2,1-7H3;10-14H2,1-9H3. The van der Waals surface area contributed by atoms with Gasteiger partial charge in [-0.15, -0.1) is 0 Å². The van der Waals surface area contributed by atoms with Crippen molar-refractivity contribution in [1.29, 1.82) is 0 Å². The summed E-state index contributed by atoms with van der Waals surface area (Å²) in [7, 11) is 15.6. The second-order valence-corrected chi connectivity index (χ2v) is 51.2. The number of hydrogen-bond acceptors (Lipinski definition) is 24. The third-order valence-corrected chi connectivity index (χ3v) is 32.4. The van der Waals surface area contributed by atoms with Gasteiger partial charge in [-0.05, 0) is 434 Å². The molecule has 0 N–H and O–H groups in total. The van der Waals surface area contributed by atoms with Gasteiger partial charge >= 0.3 is 59.7 Å². The minimum Gasteiger partial charge on any atom is -0.464 e. The van der Waals surface area contributed by atoms with Crippen molar-refractivity contribution in [2.75, 3.05) is 109 Å². The Hall–Kier alpha value is -7.02. The van der Waals surface area contributed by atoms with Gasteiger partial charge in [0.2, 0.25) is 0 Å². The Bertz CT molecular complexity index is 4200. The van der Waals surface area contributed by atoms with Crippen LogP contribution in [-0.2, 0) is 95.3 Å². The summed E-state index contributed by atoms with van der Waals surface area (Å²) in [5, 5.41) is 0. The predicted molar refractivity (Wildman–Crippen MR) is 564 cm³/mol. The summed E-state index contributed by atoms with van der Waals surface area (Å²) >= 11 is 0. The number of esters is 10. The molecular weight excluding hydrogens is 1790 g/mol. The van der Waals surface area contributed by atoms with Gasteiger partial charge < -0.3 is 67.0 Å². The van der Waals surface area contributed by atoms with E-state index in [0.717, 1.165) is 75.3 Å². The summed E-state index contributed by atoms with van der Waals surface area (Å²) in [5.74, 6) is 1.90. The maximum atomic E-state index is 14.4. The van der Waals surface area contributed by atoms with Crippen LogP contribution in [0.25, 0.3) is 0 Å². The van der Waals surface area contributed by atoms with Crippen LogP contribution in [0.4, 0.5) is 0 Å². The van der Waals surface area contributed by atoms with Gasteiger partial charge in [-0.25, -0.2) is 0 Å². The molecular formula is C118H200N4O20. The molecule has 8 aliphatic rings. The summed E-state index contributed by atoms with van der Waals surface area (Å²) in [5.41, 5.74) is -6.92. The summed E-state index contributed by atoms with van der Waals surface area (Å²) in [6, 6.07) is 19.8. The van der Waals surface area contributed by atoms with Crippen LogP contribution in [0.2, 0.25) is 0 Å². The van der Waals surface area contributed by atoms with Gasteiger partial charge in [0, 0.05) is 26.2 Å². The molecule has 8 aliphatic carbocycles. The molecule has 8 saturated carbocycles. The summed E-state index contributed by atoms with van der Waals surface area (Å²) in [6.07, 6.45) is 25.2. The first-order valence-corrected chi connectivity index (χ1v) is 54.5. The second-order valence-electron chi connectivity index (χ2n) is 51.2. The molecule has 24 heteroatoms. The molecule has 10 rings (SSSR count). The van der Waals surface area contributed by atoms with Gasteiger partial charge in [-0.1, -0.05) is 115 Å². The predicted octanol–water partition coefficient (Wildman–Crippen LogP) is 24.7. The smallest absolute Gasteiger partial charge is 0.312 e. The lowest BCUT2D eigenvalue weighted by molar-refractivity contribution is -0.199. The fraction of sp³-hybridized carbons (Fsp3) is 0.814. The van der Waals surface area contributed by atoms with Crippen molar-refractivity contribution in [1.82, 2.24) is 19.6 Å². The van der Waals surface area contributed by atoms with Crippen LogP contribution in [0.5, 0.6) is 0 Å². The molecule has 0 saturated heterocycles. The van der Waals surface area contributed by atoms with Crippen molar-refractivity contribution in [3.8, 4) is 0 Å². The van der Waals surface area contributed by atoms with Gasteiger partial charge in [0.15, 0.2) is 0 Å². The minimum atomic E-state index is -0.858. The molecule has 0 amide bonds. The van der Waals surface area contributed by atoms with Gasteiger partial charge in [-0.3, -0.25) is 47.9 Å². The van der Waals surface area contributed by atoms with Crippen LogP contribution in [0, 0.1) is 89.7 Å². The van der Waals surface area contributed by atoms with E-state index < -0.39 is 65.4 Å². The third-order valence-electron chi connectivity index (χ3n) is 32.4. The van der Waals surface area contributed by atoms with Crippen LogP contribution in [0.1, 0.15) is 409 Å². The van der Waals surface area contributed by atoms with Crippen LogP contribution >= 0.6 is 0 Å². The second kappa shape index (κ2) is 54.3. The number of rotatable bonds is 54. The molecule has 2 aromatic rings. The molecule has 0 aromatic heterocycles. The number of likely N-dealkylation sites (N-methyl/N-ethyl adjacent to an activating group) is 4. The zero-order valence-corrected chi connectivity index (χ0v) is 95.6. The number of nitrogens with zero attached hydrogens (tertiary/aromatic N) is 4. The first-order chi connectivity index (χ1) is 65.7. The number of benzene rings is 2. The molecule has 8 bridgehead atoms. The SMILES string of the molecule is CCC(C)(CCC(C)(C)C(=O)OC(C)(C)C)C(=O)OCCN(C)C.CCC(C)(CCC(C)(CCC(C)(C)C(=O)OC(C)(C)C)C(=O)OC12CC3CC(CC(C3)C1)C2)C(=O)OCCN(C)C.CCCC(OC(=O)C(C)(C)CCC(C)(CC)C(=O)OCCN(C)C)c1ccccc1.CCCC(OC(=O)C(C)(C)CCC(C)(CCC(C)(CC)C(=O)OCCN(C)C)C(=O)OC12CC3CC(CC(C3)C1)C2)c1ccccc1. The quantitative estimate of drug-likeness (QED) is 0.0439. The molecule has 2 aromatic carbocycles. The number of carbonyl (C=O) groups excluding carboxylic acids is 10. The zero-order chi connectivity index (χ0) is 107. The Morgan fingerprint density at radius 3 is 0.690 bits per heavy atom. The molecule has 0 radical (unpaired) electrons. The summed E-state index contributed by atoms with van der Waals surface area (Å²) in [6.45, 7) is 54.4. The van der Waals surface area contributed by atoms with Gasteiger partial charge in [0.1, 0.15) is 61.0 Å². The lowest BCUT2D eigenvalue weighted by atomic mass is 9.54. The molecule has 8 atom stereocenters. The van der Waals surface area contributed by atoms with E-state index in [2.05, 4.69) is 13.8 Å². The number of carbonyl (C=O) groups is 10. The van der Waals surface area contributed by atoms with Crippen LogP contribution in [0.3, 0.4) is 0 Å². The van der Waals surface area contributed by atoms with Crippen LogP contribution in [-0.4, -0.2) is 211 Å². The molecule has 0 aliphatic heterocycles. The van der Waals surface area contributed by atoms with Crippen molar-refractivity contribution >= 4 is 59.7 Å². The molecule has 8 unspecified atom stereocenters. The monoisotopic (exact) mass is 1990 g/mol. The van der Waals surface area contributed by atoms with Crippen LogP contribution in [0.15, 0.2) is 60.7 Å². The third kappa shape index (κ3) is 39.2. The van der Waals surface area contributed by atoms with Crippen molar-refractivity contribution in [3.05, 3.63) is 71.8 Å². The Morgan fingerprint density at radius 2 is 0.486 bits per heavy atom. The van der Waals surface area contributed by atoms with Crippen LogP contribution < -0.4 is 0 Å². The average Bonchev–Trinajstić information content (AvgIpc) is 0.745. The van der Waals surface area contributed by atoms with Crippen molar-refractivity contribution in [2.24, 2.45) is 89.7 Å². The number of hydrogen-bond donors (Lipinski definition) is 0. The maximum Gasteiger partial charge on any atom is 0.312 e. The average molecular weight is 1990 g/mol. The minimum absolute atomic E-state index is 0.168. The highest BCUT2D eigenvalue weighted by Crippen LogP contribution is 2.60. The van der Waals surface area contributed by atoms with E-state index in [1.165, 1.54) is 38.5 Å². The molecule has 8 fully saturated rings. The Labute approximate surface area is 860 Å². The Kier molecular flexibility index (Phi) is 47.9. The van der Waals surface area contributed by atoms with E-state index in [4.69, 9.17) is 47.4 Å². The van der Waals surface area contributed by atoms with E-state index in [0.29, 0.717) is 191 Å². The topological polar surface area (TPSA) is 276 Å². The molecule has 0 spiro atoms. The Morgan fingerprint density at radius 1 is 0.282 bits per heavy atom. The van der Waals surface area contributed by atoms with Gasteiger partial charge in [0.05, 0.1) is 54.1 Å². The van der Waals surface area contributed by atoms with Crippen molar-refractivity contribution < 1.29 is 95.3 Å². The maximum absolute atomic E-state index is 14.4. The van der Waals surface area contributed by atoms with Gasteiger partial charge in [-0.2, -0.15) is 0 Å². The lowest BCUT2D eigenvalue weighted by Gasteiger charge is -2.56. The Balaban J connectivity index is 0.000000344. The lowest BCUT2D eigenvalue weighted by Crippen LogP contribution is -2.54. The van der Waals surface area contributed by atoms with Gasteiger partial charge in [0.25, 0.3) is 0 Å². The van der Waals surface area contributed by atoms with E-state index in [9.17, 15) is 47.9 Å². The van der Waals surface area contributed by atoms with E-state index in [1.807, 2.05) is 303 Å². The summed E-state index contributed by atoms with van der Waals surface area (Å²) < 4.78 is 58.8. The highest BCUT2D eigenvalue weighted by atomic mass is 16.6. The van der Waals surface area contributed by atoms with Crippen molar-refractivity contribution in [3.63, 3.8) is 0 Å². The largest absolute Gasteiger partial charge is 0.464 e. The molecule has 142 heavy (non-hydrogen) atoms. The fourth-order valence-electron chi connectivity index (χ4n) is 21.0. The van der Waals surface area contributed by atoms with Crippen molar-refractivity contribution in [2.45, 2.75) is 420 Å². The first-order valence-electron chi connectivity index (χ1n) is 54.5. The fourth-order valence-corrected chi connectivity index (χ4v) is 21.0. The number of ether oxygens (including phenoxy) is 10. The zero-order valence-electron chi connectivity index (χ0n) is 95.6. The molecule has 812 valence electrons. The highest BCUT2D eigenvalue weighted by Gasteiger charge is 2.58. The van der Waals surface area contributed by atoms with E-state index in [-0.39, 0.29) is 83.1 Å². The highest BCUT2D eigenvalue weighted by molar-refractivity contribution is 5.82. The molecule has 0 heterocycles. The summed E-state index contributed by atoms with van der Waals surface area (Å²) in [4.78, 5) is 140. The van der Waals surface area contributed by atoms with E-state index in [1.54, 1.807) is 0 Å². The van der Waals surface area contributed by atoms with E-state index >= 15 is 0 Å². The first kappa shape index (κ1) is 125. The normalized spacial score (nSPS) is 22.8.